The Hall–Kier alpha value is -2.95. The maximum atomic E-state index is 12.2. The average molecular weight is 341 g/mol. The summed E-state index contributed by atoms with van der Waals surface area (Å²) in [5.41, 5.74) is 3.68. The largest absolute Gasteiger partial charge is 0.493 e. The highest BCUT2D eigenvalue weighted by molar-refractivity contribution is 6.02. The number of ether oxygens (including phenoxy) is 3. The van der Waals surface area contributed by atoms with E-state index < -0.39 is 0 Å². The van der Waals surface area contributed by atoms with Gasteiger partial charge in [-0.1, -0.05) is 6.07 Å². The van der Waals surface area contributed by atoms with E-state index in [2.05, 4.69) is 11.4 Å². The predicted octanol–water partition coefficient (Wildman–Crippen LogP) is 3.98. The zero-order valence-corrected chi connectivity index (χ0v) is 15.2. The molecule has 5 heteroatoms. The monoisotopic (exact) mass is 341 g/mol. The van der Waals surface area contributed by atoms with Crippen molar-refractivity contribution in [1.82, 2.24) is 0 Å². The molecular formula is C20H23NO4. The van der Waals surface area contributed by atoms with Gasteiger partial charge < -0.3 is 19.5 Å². The molecule has 0 bridgehead atoms. The molecule has 2 aromatic carbocycles. The molecule has 0 atom stereocenters. The molecular weight excluding hydrogens is 318 g/mol. The van der Waals surface area contributed by atoms with E-state index >= 15 is 0 Å². The van der Waals surface area contributed by atoms with Crippen LogP contribution in [0.3, 0.4) is 0 Å². The minimum atomic E-state index is -0.221. The van der Waals surface area contributed by atoms with Gasteiger partial charge in [-0.3, -0.25) is 4.79 Å². The summed E-state index contributed by atoms with van der Waals surface area (Å²) in [7, 11) is 4.65. The second-order valence-electron chi connectivity index (χ2n) is 5.62. The number of carbonyl (C=O) groups excluding carboxylic acids is 1. The summed E-state index contributed by atoms with van der Waals surface area (Å²) >= 11 is 0. The van der Waals surface area contributed by atoms with E-state index in [1.54, 1.807) is 39.5 Å². The standard InChI is InChI=1S/C20H23NO4/c1-13-10-14(2)12-16(11-13)21-18(22)9-7-15-6-8-17(23-3)20(25-5)19(15)24-4/h6-12H,1-5H3,(H,21,22)/b9-7+. The fourth-order valence-electron chi connectivity index (χ4n) is 2.65. The first-order valence-electron chi connectivity index (χ1n) is 7.84. The number of aryl methyl sites for hydroxylation is 2. The summed E-state index contributed by atoms with van der Waals surface area (Å²) in [6.07, 6.45) is 3.14. The first-order valence-corrected chi connectivity index (χ1v) is 7.84. The van der Waals surface area contributed by atoms with Gasteiger partial charge in [-0.2, -0.15) is 0 Å². The molecule has 25 heavy (non-hydrogen) atoms. The highest BCUT2D eigenvalue weighted by atomic mass is 16.5. The SMILES string of the molecule is COc1ccc(/C=C/C(=O)Nc2cc(C)cc(C)c2)c(OC)c1OC. The van der Waals surface area contributed by atoms with Gasteiger partial charge in [-0.25, -0.2) is 0 Å². The van der Waals surface area contributed by atoms with Crippen LogP contribution in [0, 0.1) is 13.8 Å². The Bertz CT molecular complexity index is 776. The van der Waals surface area contributed by atoms with Gasteiger partial charge in [0, 0.05) is 17.3 Å². The number of methoxy groups -OCH3 is 3. The third kappa shape index (κ3) is 4.53. The molecule has 0 aliphatic rings. The number of hydrogen-bond donors (Lipinski definition) is 1. The minimum Gasteiger partial charge on any atom is -0.493 e. The lowest BCUT2D eigenvalue weighted by molar-refractivity contribution is -0.111. The summed E-state index contributed by atoms with van der Waals surface area (Å²) in [5, 5.41) is 2.86. The lowest BCUT2D eigenvalue weighted by Crippen LogP contribution is -2.08. The van der Waals surface area contributed by atoms with Gasteiger partial charge in [0.2, 0.25) is 11.7 Å². The van der Waals surface area contributed by atoms with Crippen molar-refractivity contribution < 1.29 is 19.0 Å². The number of amides is 1. The van der Waals surface area contributed by atoms with Gasteiger partial charge in [0.1, 0.15) is 0 Å². The van der Waals surface area contributed by atoms with Crippen molar-refractivity contribution >= 4 is 17.7 Å². The molecule has 0 aliphatic carbocycles. The van der Waals surface area contributed by atoms with E-state index in [1.807, 2.05) is 26.0 Å². The van der Waals surface area contributed by atoms with Gasteiger partial charge in [-0.05, 0) is 55.3 Å². The molecule has 0 heterocycles. The Labute approximate surface area is 148 Å². The topological polar surface area (TPSA) is 56.8 Å². The van der Waals surface area contributed by atoms with Crippen LogP contribution in [-0.4, -0.2) is 27.2 Å². The molecule has 0 aliphatic heterocycles. The lowest BCUT2D eigenvalue weighted by Gasteiger charge is -2.14. The van der Waals surface area contributed by atoms with E-state index in [9.17, 15) is 4.79 Å². The summed E-state index contributed by atoms with van der Waals surface area (Å²) in [6.45, 7) is 3.99. The molecule has 2 aromatic rings. The highest BCUT2D eigenvalue weighted by Gasteiger charge is 2.14. The molecule has 5 nitrogen and oxygen atoms in total. The summed E-state index contributed by atoms with van der Waals surface area (Å²) in [4.78, 5) is 12.2. The van der Waals surface area contributed by atoms with Crippen molar-refractivity contribution in [2.45, 2.75) is 13.8 Å². The second-order valence-corrected chi connectivity index (χ2v) is 5.62. The van der Waals surface area contributed by atoms with Crippen LogP contribution < -0.4 is 19.5 Å². The number of hydrogen-bond acceptors (Lipinski definition) is 4. The number of anilines is 1. The average Bonchev–Trinajstić information content (AvgIpc) is 2.57. The van der Waals surface area contributed by atoms with Crippen molar-refractivity contribution in [3.63, 3.8) is 0 Å². The zero-order valence-electron chi connectivity index (χ0n) is 15.2. The molecule has 132 valence electrons. The molecule has 0 unspecified atom stereocenters. The van der Waals surface area contributed by atoms with E-state index in [0.717, 1.165) is 22.4 Å². The first-order chi connectivity index (χ1) is 12.0. The van der Waals surface area contributed by atoms with Crippen molar-refractivity contribution in [2.75, 3.05) is 26.6 Å². The van der Waals surface area contributed by atoms with E-state index in [-0.39, 0.29) is 5.91 Å². The summed E-state index contributed by atoms with van der Waals surface area (Å²) in [6, 6.07) is 9.48. The molecule has 1 N–H and O–H groups in total. The Morgan fingerprint density at radius 2 is 1.56 bits per heavy atom. The molecule has 2 rings (SSSR count). The molecule has 0 saturated carbocycles. The quantitative estimate of drug-likeness (QED) is 0.808. The van der Waals surface area contributed by atoms with Crippen molar-refractivity contribution in [1.29, 1.82) is 0 Å². The number of benzene rings is 2. The lowest BCUT2D eigenvalue weighted by atomic mass is 10.1. The van der Waals surface area contributed by atoms with Gasteiger partial charge in [0.05, 0.1) is 21.3 Å². The van der Waals surface area contributed by atoms with Crippen LogP contribution in [0.5, 0.6) is 17.2 Å². The van der Waals surface area contributed by atoms with Gasteiger partial charge >= 0.3 is 0 Å². The van der Waals surface area contributed by atoms with Crippen molar-refractivity contribution in [3.05, 3.63) is 53.1 Å². The predicted molar refractivity (Wildman–Crippen MR) is 99.7 cm³/mol. The molecule has 0 saturated heterocycles. The maximum absolute atomic E-state index is 12.2. The van der Waals surface area contributed by atoms with Gasteiger partial charge in [-0.15, -0.1) is 0 Å². The summed E-state index contributed by atoms with van der Waals surface area (Å²) < 4.78 is 16.0. The third-order valence-corrected chi connectivity index (χ3v) is 3.64. The van der Waals surface area contributed by atoms with Crippen LogP contribution >= 0.6 is 0 Å². The zero-order chi connectivity index (χ0) is 18.4. The van der Waals surface area contributed by atoms with E-state index in [0.29, 0.717) is 17.2 Å². The minimum absolute atomic E-state index is 0.221. The van der Waals surface area contributed by atoms with Crippen molar-refractivity contribution in [2.24, 2.45) is 0 Å². The molecule has 0 radical (unpaired) electrons. The van der Waals surface area contributed by atoms with Crippen LogP contribution in [-0.2, 0) is 4.79 Å². The Morgan fingerprint density at radius 3 is 2.12 bits per heavy atom. The highest BCUT2D eigenvalue weighted by Crippen LogP contribution is 2.40. The first kappa shape index (κ1) is 18.4. The molecule has 0 aromatic heterocycles. The van der Waals surface area contributed by atoms with Crippen LogP contribution in [0.15, 0.2) is 36.4 Å². The Balaban J connectivity index is 2.22. The Morgan fingerprint density at radius 1 is 0.920 bits per heavy atom. The van der Waals surface area contributed by atoms with Crippen LogP contribution in [0.25, 0.3) is 6.08 Å². The van der Waals surface area contributed by atoms with Gasteiger partial charge in [0.25, 0.3) is 0 Å². The fourth-order valence-corrected chi connectivity index (χ4v) is 2.65. The fraction of sp³-hybridized carbons (Fsp3) is 0.250. The molecule has 1 amide bonds. The second kappa shape index (κ2) is 8.24. The van der Waals surface area contributed by atoms with E-state index in [4.69, 9.17) is 14.2 Å². The third-order valence-electron chi connectivity index (χ3n) is 3.64. The van der Waals surface area contributed by atoms with Crippen LogP contribution in [0.4, 0.5) is 5.69 Å². The maximum Gasteiger partial charge on any atom is 0.248 e. The van der Waals surface area contributed by atoms with Gasteiger partial charge in [0.15, 0.2) is 11.5 Å². The molecule has 0 spiro atoms. The normalized spacial score (nSPS) is 10.6. The van der Waals surface area contributed by atoms with Crippen LogP contribution in [0.2, 0.25) is 0 Å². The van der Waals surface area contributed by atoms with Crippen molar-refractivity contribution in [3.8, 4) is 17.2 Å². The number of nitrogens with one attached hydrogen (secondary N) is 1. The molecule has 0 fully saturated rings. The smallest absolute Gasteiger partial charge is 0.248 e. The number of carbonyl (C=O) groups is 1. The summed E-state index contributed by atoms with van der Waals surface area (Å²) in [5.74, 6) is 1.34. The van der Waals surface area contributed by atoms with E-state index in [1.165, 1.54) is 6.08 Å². The number of rotatable bonds is 6. The Kier molecular flexibility index (Phi) is 6.06. The van der Waals surface area contributed by atoms with Crippen LogP contribution in [0.1, 0.15) is 16.7 Å².